The number of benzene rings is 4. The number of hydrogen-bond acceptors (Lipinski definition) is 21. The second-order valence-corrected chi connectivity index (χ2v) is 31.9. The lowest BCUT2D eigenvalue weighted by molar-refractivity contribution is -0.118. The molecule has 0 aliphatic carbocycles. The fraction of sp³-hybridized carbons (Fsp3) is 0.393. The lowest BCUT2D eigenvalue weighted by Gasteiger charge is -2.40. The Bertz CT molecular complexity index is 4040. The van der Waals surface area contributed by atoms with Gasteiger partial charge < -0.3 is 47.4 Å². The Morgan fingerprint density at radius 1 is 0.804 bits per heavy atom. The number of fused-ring (bicyclic) bond motifs is 2. The first-order valence-electron chi connectivity index (χ1n) is 29.2. The monoisotopic (exact) mass is 1340 g/mol. The Balaban J connectivity index is 1.05. The van der Waals surface area contributed by atoms with Crippen LogP contribution in [0.5, 0.6) is 11.5 Å². The maximum Gasteiger partial charge on any atom is 0.327 e. The van der Waals surface area contributed by atoms with Crippen LogP contribution in [-0.2, 0) is 63.5 Å². The fourth-order valence-electron chi connectivity index (χ4n) is 10.4. The van der Waals surface area contributed by atoms with E-state index in [4.69, 9.17) is 58.0 Å². The number of halogens is 1. The summed E-state index contributed by atoms with van der Waals surface area (Å²) < 4.78 is 98.7. The van der Waals surface area contributed by atoms with Crippen molar-refractivity contribution in [3.8, 4) is 17.6 Å². The zero-order valence-corrected chi connectivity index (χ0v) is 55.3. The van der Waals surface area contributed by atoms with Crippen LogP contribution in [0.4, 0.5) is 16.2 Å². The van der Waals surface area contributed by atoms with Crippen molar-refractivity contribution in [1.82, 2.24) is 39.0 Å². The molecular formula is C61H70FN11O15P2SSi. The van der Waals surface area contributed by atoms with Gasteiger partial charge in [0.15, 0.2) is 55.1 Å². The zero-order valence-electron chi connectivity index (χ0n) is 51.6. The number of carbonyl (C=O) groups is 2. The third-order valence-corrected chi connectivity index (χ3v) is 23.5. The summed E-state index contributed by atoms with van der Waals surface area (Å²) in [5.41, 5.74) is -0.00433. The average molecular weight is 1340 g/mol. The first kappa shape index (κ1) is 67.4. The van der Waals surface area contributed by atoms with Crippen LogP contribution in [-0.4, -0.2) is 135 Å². The smallest absolute Gasteiger partial charge is 0.327 e. The number of carbonyl (C=O) groups excluding carboxylic acids is 2. The summed E-state index contributed by atoms with van der Waals surface area (Å²) in [4.78, 5) is 75.0. The van der Waals surface area contributed by atoms with Crippen molar-refractivity contribution in [2.45, 2.75) is 114 Å². The molecule has 2 saturated heterocycles. The molecule has 10 atom stereocenters. The summed E-state index contributed by atoms with van der Waals surface area (Å²) >= 11 is 6.27. The van der Waals surface area contributed by atoms with E-state index in [1.54, 1.807) is 82.7 Å². The molecule has 2 aliphatic rings. The van der Waals surface area contributed by atoms with E-state index in [2.05, 4.69) is 40.5 Å². The van der Waals surface area contributed by atoms with Crippen molar-refractivity contribution in [2.24, 2.45) is 5.92 Å². The first-order chi connectivity index (χ1) is 44.0. The number of amides is 2. The summed E-state index contributed by atoms with van der Waals surface area (Å²) in [6, 6.07) is 34.4. The molecule has 2 aliphatic heterocycles. The lowest BCUT2D eigenvalue weighted by atomic mass is 9.80. The number of methoxy groups -OCH3 is 2. The molecule has 0 radical (unpaired) electrons. The third kappa shape index (κ3) is 14.3. The van der Waals surface area contributed by atoms with Crippen molar-refractivity contribution >= 4 is 81.0 Å². The van der Waals surface area contributed by atoms with Crippen LogP contribution in [0.2, 0.25) is 18.1 Å². The molecule has 2 fully saturated rings. The van der Waals surface area contributed by atoms with Gasteiger partial charge in [-0.15, -0.1) is 0 Å². The predicted octanol–water partition coefficient (Wildman–Crippen LogP) is 9.68. The van der Waals surface area contributed by atoms with Crippen LogP contribution >= 0.6 is 15.0 Å². The van der Waals surface area contributed by atoms with Gasteiger partial charge in [-0.05, 0) is 83.0 Å². The molecule has 4 aromatic heterocycles. The highest BCUT2D eigenvalue weighted by atomic mass is 32.5. The number of alkyl halides is 1. The van der Waals surface area contributed by atoms with Crippen molar-refractivity contribution in [3.05, 3.63) is 161 Å². The van der Waals surface area contributed by atoms with Gasteiger partial charge in [-0.2, -0.15) is 10.2 Å². The Morgan fingerprint density at radius 2 is 1.39 bits per heavy atom. The highest BCUT2D eigenvalue weighted by Crippen LogP contribution is 2.56. The molecule has 6 heterocycles. The van der Waals surface area contributed by atoms with Gasteiger partial charge in [0, 0.05) is 11.5 Å². The third-order valence-electron chi connectivity index (χ3n) is 16.1. The number of anilines is 2. The molecule has 26 nitrogen and oxygen atoms in total. The molecule has 10 rings (SSSR count). The topological polar surface area (TPSA) is 319 Å². The van der Waals surface area contributed by atoms with E-state index < -0.39 is 120 Å². The number of aromatic amines is 1. The number of imidazole rings is 2. The molecule has 0 bridgehead atoms. The van der Waals surface area contributed by atoms with E-state index in [9.17, 15) is 29.1 Å². The van der Waals surface area contributed by atoms with Gasteiger partial charge in [0.2, 0.25) is 11.9 Å². The van der Waals surface area contributed by atoms with Crippen LogP contribution < -0.4 is 25.7 Å². The van der Waals surface area contributed by atoms with Gasteiger partial charge in [-0.3, -0.25) is 47.4 Å². The van der Waals surface area contributed by atoms with E-state index >= 15 is 4.39 Å². The first-order valence-corrected chi connectivity index (χ1v) is 36.0. The van der Waals surface area contributed by atoms with Crippen molar-refractivity contribution < 1.29 is 69.6 Å². The maximum atomic E-state index is 18.5. The molecule has 4 N–H and O–H groups in total. The molecule has 4 aromatic carbocycles. The number of nitrogens with zero attached hydrogens (tertiary/aromatic N) is 8. The SMILES string of the molecule is COc1ccc(C(OC[C@H]2O[C@@H](n3cnc4c(NC(=O)c5ccccc5)ncnc43)[C@H](F)[C@@H]2OP(=S)(OCCC#N)OC[C@H]2O[C@@H](n3cnc4c(=O)[nH]c(NC(=O)C(C)C)nc43)[C@H](O[PH](=O)O)[C@@H]2O[Si](C)(C)C(C)(C)C)(c2ccccc2)c2ccc(OC)cc2)cc1. The van der Waals surface area contributed by atoms with Crippen molar-refractivity contribution in [3.63, 3.8) is 0 Å². The standard InChI is InChI=1S/C61H70FN11O15P2SSi/c1-36(2)54(74)70-59-69-53-47(56(76)71-59)67-35-73(53)58-50(86-89(77)78)49(88-92(8,9)60(3,4)5)44(85-58)32-83-90(91,82-30-16-29-63)87-48-43(84-57(45(48)62)72-34-66-46-51(64-33-65-52(46)72)68-55(75)37-17-12-10-13-18-37)31-81-61(38-19-14-11-15-20-38,39-21-25-41(79-6)26-22-39)40-23-27-42(80-7)28-24-40/h10-15,17-28,33-36,43-45,48-50,57-58,89H,16,30-32H2,1-9H3,(H,77,78)(H,64,65,68,75)(H2,69,70,71,74,76)/t43-,44-,45-,48-,49-,50-,57-,58-,90?/m1/s1. The van der Waals surface area contributed by atoms with Crippen LogP contribution in [0.15, 0.2) is 133 Å². The van der Waals surface area contributed by atoms with Gasteiger partial charge in [-0.1, -0.05) is 107 Å². The molecule has 486 valence electrons. The number of rotatable bonds is 26. The largest absolute Gasteiger partial charge is 0.497 e. The summed E-state index contributed by atoms with van der Waals surface area (Å²) in [7, 11) is -3.64. The number of H-pyrrole nitrogens is 1. The highest BCUT2D eigenvalue weighted by molar-refractivity contribution is 8.07. The van der Waals surface area contributed by atoms with Gasteiger partial charge in [0.25, 0.3) is 11.5 Å². The van der Waals surface area contributed by atoms with E-state index in [-0.39, 0.29) is 47.1 Å². The quantitative estimate of drug-likeness (QED) is 0.0170. The Kier molecular flexibility index (Phi) is 20.8. The lowest BCUT2D eigenvalue weighted by Crippen LogP contribution is -2.50. The Labute approximate surface area is 535 Å². The number of ether oxygens (including phenoxy) is 5. The van der Waals surface area contributed by atoms with E-state index in [0.717, 1.165) is 0 Å². The molecule has 0 saturated carbocycles. The minimum Gasteiger partial charge on any atom is -0.497 e. The number of hydrogen-bond donors (Lipinski definition) is 4. The molecule has 31 heteroatoms. The number of nitrogens with one attached hydrogen (secondary N) is 3. The van der Waals surface area contributed by atoms with Crippen molar-refractivity contribution in [2.75, 3.05) is 44.7 Å². The van der Waals surface area contributed by atoms with Gasteiger partial charge in [0.1, 0.15) is 53.9 Å². The fourth-order valence-corrected chi connectivity index (χ4v) is 14.3. The average Bonchev–Trinajstić information content (AvgIpc) is 1.37. The Hall–Kier alpha value is -7.52. The Morgan fingerprint density at radius 3 is 1.99 bits per heavy atom. The minimum atomic E-state index is -4.40. The van der Waals surface area contributed by atoms with Crippen LogP contribution in [0.25, 0.3) is 22.3 Å². The number of nitriles is 1. The summed E-state index contributed by atoms with van der Waals surface area (Å²) in [5, 5.41) is 14.7. The molecule has 2 amide bonds. The van der Waals surface area contributed by atoms with Gasteiger partial charge in [0.05, 0.1) is 59.2 Å². The maximum absolute atomic E-state index is 18.5. The van der Waals surface area contributed by atoms with Crippen LogP contribution in [0.1, 0.15) is 80.5 Å². The van der Waals surface area contributed by atoms with E-state index in [1.807, 2.05) is 94.5 Å². The normalized spacial score (nSPS) is 21.2. The summed E-state index contributed by atoms with van der Waals surface area (Å²) in [5.74, 6) is -0.468. The molecule has 0 spiro atoms. The van der Waals surface area contributed by atoms with Crippen LogP contribution in [0.3, 0.4) is 0 Å². The summed E-state index contributed by atoms with van der Waals surface area (Å²) in [6.07, 6.45) is -8.82. The van der Waals surface area contributed by atoms with Gasteiger partial charge in [-0.25, -0.2) is 24.3 Å². The second kappa shape index (κ2) is 28.4. The van der Waals surface area contributed by atoms with Gasteiger partial charge >= 0.3 is 15.0 Å². The minimum absolute atomic E-state index is 0.0301. The highest BCUT2D eigenvalue weighted by Gasteiger charge is 2.55. The second-order valence-electron chi connectivity index (χ2n) is 23.4. The molecule has 8 aromatic rings. The van der Waals surface area contributed by atoms with E-state index in [1.165, 1.54) is 28.1 Å². The van der Waals surface area contributed by atoms with Crippen LogP contribution in [0, 0.1) is 17.2 Å². The van der Waals surface area contributed by atoms with E-state index in [0.29, 0.717) is 33.8 Å². The zero-order chi connectivity index (χ0) is 65.7. The number of aromatic nitrogens is 8. The predicted molar refractivity (Wildman–Crippen MR) is 342 cm³/mol. The molecular weight excluding hydrogens is 1270 g/mol. The summed E-state index contributed by atoms with van der Waals surface area (Å²) in [6.45, 7) is 7.37. The molecule has 2 unspecified atom stereocenters. The van der Waals surface area contributed by atoms with Crippen molar-refractivity contribution in [1.29, 1.82) is 5.26 Å². The molecule has 92 heavy (non-hydrogen) atoms.